The van der Waals surface area contributed by atoms with Crippen molar-refractivity contribution < 1.29 is 4.79 Å². The molecule has 1 atom stereocenters. The van der Waals surface area contributed by atoms with Crippen LogP contribution in [0.4, 0.5) is 5.69 Å². The van der Waals surface area contributed by atoms with E-state index in [0.717, 1.165) is 25.2 Å². The average molecular weight is 428 g/mol. The minimum Gasteiger partial charge on any atom is -0.357 e. The largest absolute Gasteiger partial charge is 0.357 e. The summed E-state index contributed by atoms with van der Waals surface area (Å²) < 4.78 is 2.03. The number of amides is 1. The molecule has 6 heteroatoms. The van der Waals surface area contributed by atoms with Gasteiger partial charge in [0.2, 0.25) is 5.91 Å². The van der Waals surface area contributed by atoms with Crippen LogP contribution in [-0.4, -0.2) is 32.1 Å². The maximum absolute atomic E-state index is 11.3. The number of nitrogens with zero attached hydrogens (tertiary/aromatic N) is 3. The summed E-state index contributed by atoms with van der Waals surface area (Å²) in [5.41, 5.74) is 7.14. The third kappa shape index (κ3) is 3.82. The fourth-order valence-electron chi connectivity index (χ4n) is 4.75. The molecular formula is C26H29N5O. The lowest BCUT2D eigenvalue weighted by molar-refractivity contribution is -0.114. The average Bonchev–Trinajstić information content (AvgIpc) is 3.40. The molecule has 32 heavy (non-hydrogen) atoms. The van der Waals surface area contributed by atoms with E-state index >= 15 is 0 Å². The van der Waals surface area contributed by atoms with Crippen molar-refractivity contribution in [1.29, 1.82) is 0 Å². The number of rotatable bonds is 5. The van der Waals surface area contributed by atoms with Crippen molar-refractivity contribution >= 4 is 22.5 Å². The van der Waals surface area contributed by atoms with Crippen LogP contribution in [0.5, 0.6) is 0 Å². The van der Waals surface area contributed by atoms with Crippen LogP contribution < -0.4 is 5.32 Å². The summed E-state index contributed by atoms with van der Waals surface area (Å²) in [6.07, 6.45) is 5.21. The summed E-state index contributed by atoms with van der Waals surface area (Å²) >= 11 is 0. The maximum Gasteiger partial charge on any atom is 0.221 e. The van der Waals surface area contributed by atoms with Gasteiger partial charge < -0.3 is 10.3 Å². The number of para-hydroxylation sites is 1. The Kier molecular flexibility index (Phi) is 5.31. The monoisotopic (exact) mass is 427 g/mol. The predicted molar refractivity (Wildman–Crippen MR) is 128 cm³/mol. The molecule has 2 aromatic carbocycles. The smallest absolute Gasteiger partial charge is 0.221 e. The molecule has 0 radical (unpaired) electrons. The third-order valence-electron chi connectivity index (χ3n) is 6.26. The van der Waals surface area contributed by atoms with Crippen LogP contribution in [0, 0.1) is 0 Å². The number of carbonyl (C=O) groups is 1. The van der Waals surface area contributed by atoms with Crippen molar-refractivity contribution in [3.63, 3.8) is 0 Å². The molecule has 1 aliphatic heterocycles. The minimum absolute atomic E-state index is 0.0534. The van der Waals surface area contributed by atoms with Crippen LogP contribution in [0.25, 0.3) is 10.9 Å². The Morgan fingerprint density at radius 2 is 1.97 bits per heavy atom. The Bertz CT molecular complexity index is 1250. The van der Waals surface area contributed by atoms with Crippen molar-refractivity contribution in [3.8, 4) is 0 Å². The lowest BCUT2D eigenvalue weighted by atomic mass is 9.93. The predicted octanol–water partition coefficient (Wildman–Crippen LogP) is 5.05. The molecule has 1 amide bonds. The second-order valence-corrected chi connectivity index (χ2v) is 8.91. The van der Waals surface area contributed by atoms with Gasteiger partial charge in [0.05, 0.1) is 12.2 Å². The number of H-pyrrole nitrogens is 1. The summed E-state index contributed by atoms with van der Waals surface area (Å²) in [5.74, 6) is -0.0534. The maximum atomic E-state index is 11.3. The number of carbonyl (C=O) groups excluding carboxylic acids is 1. The van der Waals surface area contributed by atoms with Gasteiger partial charge in [-0.05, 0) is 49.6 Å². The highest BCUT2D eigenvalue weighted by molar-refractivity contribution is 5.88. The highest BCUT2D eigenvalue weighted by atomic mass is 16.1. The molecule has 0 aliphatic carbocycles. The van der Waals surface area contributed by atoms with Crippen LogP contribution >= 0.6 is 0 Å². The first-order valence-corrected chi connectivity index (χ1v) is 11.2. The van der Waals surface area contributed by atoms with E-state index in [1.54, 1.807) is 0 Å². The van der Waals surface area contributed by atoms with Gasteiger partial charge in [-0.3, -0.25) is 14.4 Å². The molecule has 0 bridgehead atoms. The standard InChI is InChI=1S/C26H29N5O/c1-17(2)31-16-20(14-27-31)26-25-23(22-6-4-5-7-24(22)29-25)12-13-30(26)15-19-8-10-21(11-9-19)28-18(3)32/h4-11,14,16-17,26,29H,12-13,15H2,1-3H3,(H,28,32)/t26-/m0/s1. The Morgan fingerprint density at radius 3 is 2.69 bits per heavy atom. The van der Waals surface area contributed by atoms with E-state index in [-0.39, 0.29) is 11.9 Å². The molecular weight excluding hydrogens is 398 g/mol. The topological polar surface area (TPSA) is 66.0 Å². The molecule has 164 valence electrons. The van der Waals surface area contributed by atoms with Gasteiger partial charge in [0, 0.05) is 60.1 Å². The molecule has 0 saturated carbocycles. The van der Waals surface area contributed by atoms with Crippen molar-refractivity contribution in [2.75, 3.05) is 11.9 Å². The van der Waals surface area contributed by atoms with Gasteiger partial charge in [-0.2, -0.15) is 5.10 Å². The Labute approximate surface area is 188 Å². The lowest BCUT2D eigenvalue weighted by Crippen LogP contribution is -2.35. The van der Waals surface area contributed by atoms with Crippen LogP contribution in [0.2, 0.25) is 0 Å². The zero-order valence-corrected chi connectivity index (χ0v) is 18.8. The molecule has 6 nitrogen and oxygen atoms in total. The van der Waals surface area contributed by atoms with E-state index < -0.39 is 0 Å². The molecule has 1 aliphatic rings. The van der Waals surface area contributed by atoms with Crippen molar-refractivity contribution in [2.45, 2.75) is 45.8 Å². The number of anilines is 1. The van der Waals surface area contributed by atoms with Gasteiger partial charge in [0.15, 0.2) is 0 Å². The van der Waals surface area contributed by atoms with Crippen molar-refractivity contribution in [2.24, 2.45) is 0 Å². The van der Waals surface area contributed by atoms with Crippen LogP contribution in [-0.2, 0) is 17.8 Å². The molecule has 2 N–H and O–H groups in total. The highest BCUT2D eigenvalue weighted by Crippen LogP contribution is 2.39. The number of hydrogen-bond acceptors (Lipinski definition) is 3. The first-order chi connectivity index (χ1) is 15.5. The van der Waals surface area contributed by atoms with E-state index in [4.69, 9.17) is 0 Å². The van der Waals surface area contributed by atoms with E-state index in [1.165, 1.54) is 40.2 Å². The van der Waals surface area contributed by atoms with E-state index in [9.17, 15) is 4.79 Å². The Hall–Kier alpha value is -3.38. The number of hydrogen-bond donors (Lipinski definition) is 2. The lowest BCUT2D eigenvalue weighted by Gasteiger charge is -2.35. The first-order valence-electron chi connectivity index (χ1n) is 11.2. The van der Waals surface area contributed by atoms with Crippen molar-refractivity contribution in [1.82, 2.24) is 19.7 Å². The molecule has 3 heterocycles. The second-order valence-electron chi connectivity index (χ2n) is 8.91. The van der Waals surface area contributed by atoms with Crippen LogP contribution in [0.15, 0.2) is 60.9 Å². The molecule has 0 unspecified atom stereocenters. The zero-order valence-electron chi connectivity index (χ0n) is 18.8. The molecule has 0 fully saturated rings. The van der Waals surface area contributed by atoms with E-state index in [1.807, 2.05) is 23.0 Å². The van der Waals surface area contributed by atoms with Gasteiger partial charge in [-0.15, -0.1) is 0 Å². The van der Waals surface area contributed by atoms with Crippen LogP contribution in [0.1, 0.15) is 55.2 Å². The third-order valence-corrected chi connectivity index (χ3v) is 6.26. The summed E-state index contributed by atoms with van der Waals surface area (Å²) in [5, 5.41) is 8.80. The van der Waals surface area contributed by atoms with Gasteiger partial charge in [0.1, 0.15) is 0 Å². The zero-order chi connectivity index (χ0) is 22.2. The summed E-state index contributed by atoms with van der Waals surface area (Å²) in [4.78, 5) is 17.6. The number of aromatic nitrogens is 3. The molecule has 0 saturated heterocycles. The van der Waals surface area contributed by atoms with Gasteiger partial charge >= 0.3 is 0 Å². The van der Waals surface area contributed by atoms with Crippen LogP contribution in [0.3, 0.4) is 0 Å². The fourth-order valence-corrected chi connectivity index (χ4v) is 4.75. The fraction of sp³-hybridized carbons (Fsp3) is 0.308. The van der Waals surface area contributed by atoms with Gasteiger partial charge in [-0.1, -0.05) is 30.3 Å². The van der Waals surface area contributed by atoms with Gasteiger partial charge in [-0.25, -0.2) is 0 Å². The molecule has 0 spiro atoms. The summed E-state index contributed by atoms with van der Waals surface area (Å²) in [7, 11) is 0. The summed E-state index contributed by atoms with van der Waals surface area (Å²) in [6, 6.07) is 17.2. The van der Waals surface area contributed by atoms with Gasteiger partial charge in [0.25, 0.3) is 0 Å². The van der Waals surface area contributed by atoms with E-state index in [0.29, 0.717) is 6.04 Å². The second kappa shape index (κ2) is 8.28. The number of aromatic amines is 1. The SMILES string of the molecule is CC(=O)Nc1ccc(CN2CCc3c([nH]c4ccccc34)[C@@H]2c2cnn(C(C)C)c2)cc1. The number of nitrogens with one attached hydrogen (secondary N) is 2. The van der Waals surface area contributed by atoms with E-state index in [2.05, 4.69) is 76.7 Å². The number of fused-ring (bicyclic) bond motifs is 3. The first kappa shape index (κ1) is 20.5. The Morgan fingerprint density at radius 1 is 1.19 bits per heavy atom. The quantitative estimate of drug-likeness (QED) is 0.468. The molecule has 5 rings (SSSR count). The summed E-state index contributed by atoms with van der Waals surface area (Å²) in [6.45, 7) is 7.63. The molecule has 2 aromatic heterocycles. The minimum atomic E-state index is -0.0534. The highest BCUT2D eigenvalue weighted by Gasteiger charge is 2.32. The van der Waals surface area contributed by atoms with Crippen molar-refractivity contribution in [3.05, 3.63) is 83.3 Å². The number of benzene rings is 2. The molecule has 4 aromatic rings. The Balaban J connectivity index is 1.51. The normalized spacial score (nSPS) is 16.4.